The van der Waals surface area contributed by atoms with E-state index in [4.69, 9.17) is 5.11 Å². The first kappa shape index (κ1) is 20.5. The topological polar surface area (TPSA) is 84.2 Å². The molecule has 0 saturated heterocycles. The standard InChI is InChI=1S/C18H20F3N3O3/c1-11-4-6-12(7-5-11)24-14(18(19,20)21)13(10-23-24)15(25)22-9-8-17(2,3)16(26)27/h4-7,10H,8-9H2,1-3H3,(H,22,25)(H,26,27). The highest BCUT2D eigenvalue weighted by atomic mass is 19.4. The SMILES string of the molecule is Cc1ccc(-n2ncc(C(=O)NCCC(C)(C)C(=O)O)c2C(F)(F)F)cc1. The molecule has 0 aliphatic rings. The Morgan fingerprint density at radius 2 is 1.78 bits per heavy atom. The molecule has 2 N–H and O–H groups in total. The van der Waals surface area contributed by atoms with Crippen LogP contribution in [0.4, 0.5) is 13.2 Å². The molecule has 0 unspecified atom stereocenters. The number of carbonyl (C=O) groups is 2. The van der Waals surface area contributed by atoms with Crippen molar-refractivity contribution in [3.8, 4) is 5.69 Å². The molecule has 0 aliphatic carbocycles. The molecule has 1 heterocycles. The molecule has 9 heteroatoms. The van der Waals surface area contributed by atoms with E-state index in [0.29, 0.717) is 4.68 Å². The zero-order valence-electron chi connectivity index (χ0n) is 15.1. The quantitative estimate of drug-likeness (QED) is 0.801. The van der Waals surface area contributed by atoms with Gasteiger partial charge in [-0.25, -0.2) is 4.68 Å². The van der Waals surface area contributed by atoms with Crippen molar-refractivity contribution in [3.63, 3.8) is 0 Å². The summed E-state index contributed by atoms with van der Waals surface area (Å²) in [5, 5.41) is 15.1. The van der Waals surface area contributed by atoms with Crippen LogP contribution in [0.5, 0.6) is 0 Å². The van der Waals surface area contributed by atoms with E-state index in [1.54, 1.807) is 19.1 Å². The van der Waals surface area contributed by atoms with Crippen LogP contribution in [0.2, 0.25) is 0 Å². The molecule has 2 aromatic rings. The first-order chi connectivity index (χ1) is 12.4. The number of halogens is 3. The summed E-state index contributed by atoms with van der Waals surface area (Å²) in [5.74, 6) is -2.01. The van der Waals surface area contributed by atoms with Crippen molar-refractivity contribution < 1.29 is 27.9 Å². The second-order valence-corrected chi connectivity index (χ2v) is 6.85. The lowest BCUT2D eigenvalue weighted by Crippen LogP contribution is -2.32. The van der Waals surface area contributed by atoms with E-state index in [2.05, 4.69) is 10.4 Å². The van der Waals surface area contributed by atoms with E-state index in [1.165, 1.54) is 26.0 Å². The van der Waals surface area contributed by atoms with Crippen molar-refractivity contribution in [1.29, 1.82) is 0 Å². The Bertz CT molecular complexity index is 840. The predicted octanol–water partition coefficient (Wildman–Crippen LogP) is 3.43. The van der Waals surface area contributed by atoms with E-state index in [1.807, 2.05) is 0 Å². The van der Waals surface area contributed by atoms with Crippen molar-refractivity contribution in [2.24, 2.45) is 5.41 Å². The first-order valence-corrected chi connectivity index (χ1v) is 8.17. The zero-order chi connectivity index (χ0) is 20.4. The van der Waals surface area contributed by atoms with Crippen LogP contribution >= 0.6 is 0 Å². The van der Waals surface area contributed by atoms with Gasteiger partial charge in [-0.1, -0.05) is 17.7 Å². The zero-order valence-corrected chi connectivity index (χ0v) is 15.1. The van der Waals surface area contributed by atoms with Crippen LogP contribution in [0.1, 0.15) is 41.9 Å². The number of hydrogen-bond donors (Lipinski definition) is 2. The first-order valence-electron chi connectivity index (χ1n) is 8.17. The monoisotopic (exact) mass is 383 g/mol. The maximum Gasteiger partial charge on any atom is 0.434 e. The summed E-state index contributed by atoms with van der Waals surface area (Å²) in [6.07, 6.45) is -3.86. The van der Waals surface area contributed by atoms with E-state index in [0.717, 1.165) is 11.8 Å². The molecular weight excluding hydrogens is 363 g/mol. The van der Waals surface area contributed by atoms with Crippen LogP contribution in [0, 0.1) is 12.3 Å². The van der Waals surface area contributed by atoms with Crippen molar-refractivity contribution >= 4 is 11.9 Å². The Morgan fingerprint density at radius 1 is 1.19 bits per heavy atom. The van der Waals surface area contributed by atoms with Crippen LogP contribution in [0.15, 0.2) is 30.5 Å². The van der Waals surface area contributed by atoms with Gasteiger partial charge in [0.25, 0.3) is 5.91 Å². The Balaban J connectivity index is 2.28. The second-order valence-electron chi connectivity index (χ2n) is 6.85. The van der Waals surface area contributed by atoms with Crippen molar-refractivity contribution in [2.45, 2.75) is 33.4 Å². The second kappa shape index (κ2) is 7.42. The minimum absolute atomic E-state index is 0.0710. The fourth-order valence-electron chi connectivity index (χ4n) is 2.36. The van der Waals surface area contributed by atoms with Gasteiger partial charge in [0, 0.05) is 6.54 Å². The van der Waals surface area contributed by atoms with Gasteiger partial charge in [0.2, 0.25) is 0 Å². The average molecular weight is 383 g/mol. The smallest absolute Gasteiger partial charge is 0.434 e. The fourth-order valence-corrected chi connectivity index (χ4v) is 2.36. The largest absolute Gasteiger partial charge is 0.481 e. The number of nitrogens with zero attached hydrogens (tertiary/aromatic N) is 2. The van der Waals surface area contributed by atoms with Gasteiger partial charge >= 0.3 is 12.1 Å². The van der Waals surface area contributed by atoms with Crippen LogP contribution in [0.25, 0.3) is 5.69 Å². The van der Waals surface area contributed by atoms with E-state index < -0.39 is 34.7 Å². The fraction of sp³-hybridized carbons (Fsp3) is 0.389. The third-order valence-corrected chi connectivity index (χ3v) is 4.18. The summed E-state index contributed by atoms with van der Waals surface area (Å²) in [6, 6.07) is 6.25. The molecule has 0 bridgehead atoms. The number of hydrogen-bond acceptors (Lipinski definition) is 3. The average Bonchev–Trinajstić information content (AvgIpc) is 3.00. The number of amides is 1. The molecule has 0 saturated carbocycles. The summed E-state index contributed by atoms with van der Waals surface area (Å²) in [7, 11) is 0. The van der Waals surface area contributed by atoms with Crippen molar-refractivity contribution in [2.75, 3.05) is 6.54 Å². The molecule has 0 aliphatic heterocycles. The van der Waals surface area contributed by atoms with Gasteiger partial charge in [0.05, 0.1) is 22.9 Å². The summed E-state index contributed by atoms with van der Waals surface area (Å²) in [5.41, 5.74) is -1.85. The number of aryl methyl sites for hydroxylation is 1. The highest BCUT2D eigenvalue weighted by molar-refractivity contribution is 5.95. The molecule has 0 fully saturated rings. The maximum absolute atomic E-state index is 13.6. The summed E-state index contributed by atoms with van der Waals surface area (Å²) < 4.78 is 41.4. The lowest BCUT2D eigenvalue weighted by molar-refractivity contribution is -0.147. The third kappa shape index (κ3) is 4.66. The molecule has 146 valence electrons. The normalized spacial score (nSPS) is 12.1. The number of carboxylic acids is 1. The van der Waals surface area contributed by atoms with Crippen LogP contribution in [-0.4, -0.2) is 33.3 Å². The molecule has 2 rings (SSSR count). The molecule has 6 nitrogen and oxygen atoms in total. The number of nitrogens with one attached hydrogen (secondary N) is 1. The number of aromatic nitrogens is 2. The summed E-state index contributed by atoms with van der Waals surface area (Å²) >= 11 is 0. The predicted molar refractivity (Wildman–Crippen MR) is 91.7 cm³/mol. The van der Waals surface area contributed by atoms with Gasteiger partial charge in [0.15, 0.2) is 5.69 Å². The molecule has 27 heavy (non-hydrogen) atoms. The molecule has 0 spiro atoms. The van der Waals surface area contributed by atoms with Gasteiger partial charge in [-0.2, -0.15) is 18.3 Å². The highest BCUT2D eigenvalue weighted by Crippen LogP contribution is 2.33. The van der Waals surface area contributed by atoms with Gasteiger partial charge in [-0.05, 0) is 39.3 Å². The Morgan fingerprint density at radius 3 is 2.30 bits per heavy atom. The van der Waals surface area contributed by atoms with Gasteiger partial charge in [-0.15, -0.1) is 0 Å². The maximum atomic E-state index is 13.6. The molecular formula is C18H20F3N3O3. The Kier molecular flexibility index (Phi) is 5.62. The van der Waals surface area contributed by atoms with Crippen LogP contribution in [-0.2, 0) is 11.0 Å². The highest BCUT2D eigenvalue weighted by Gasteiger charge is 2.40. The van der Waals surface area contributed by atoms with Gasteiger partial charge < -0.3 is 10.4 Å². The molecule has 1 aromatic heterocycles. The number of aliphatic carboxylic acids is 1. The lowest BCUT2D eigenvalue weighted by atomic mass is 9.90. The third-order valence-electron chi connectivity index (χ3n) is 4.18. The number of alkyl halides is 3. The Hall–Kier alpha value is -2.84. The number of carbonyl (C=O) groups excluding carboxylic acids is 1. The van der Waals surface area contributed by atoms with Crippen molar-refractivity contribution in [1.82, 2.24) is 15.1 Å². The lowest BCUT2D eigenvalue weighted by Gasteiger charge is -2.19. The molecule has 0 atom stereocenters. The van der Waals surface area contributed by atoms with E-state index >= 15 is 0 Å². The summed E-state index contributed by atoms with van der Waals surface area (Å²) in [4.78, 5) is 23.3. The molecule has 1 amide bonds. The van der Waals surface area contributed by atoms with Gasteiger partial charge in [0.1, 0.15) is 0 Å². The Labute approximate surface area is 154 Å². The van der Waals surface area contributed by atoms with E-state index in [9.17, 15) is 22.8 Å². The molecule has 1 aromatic carbocycles. The minimum atomic E-state index is -4.80. The number of carboxylic acid groups (broad SMARTS) is 1. The van der Waals surface area contributed by atoms with E-state index in [-0.39, 0.29) is 18.7 Å². The van der Waals surface area contributed by atoms with Crippen LogP contribution in [0.3, 0.4) is 0 Å². The molecule has 0 radical (unpaired) electrons. The number of rotatable bonds is 6. The minimum Gasteiger partial charge on any atom is -0.481 e. The van der Waals surface area contributed by atoms with Crippen LogP contribution < -0.4 is 5.32 Å². The van der Waals surface area contributed by atoms with Crippen molar-refractivity contribution in [3.05, 3.63) is 47.3 Å². The number of benzene rings is 1. The van der Waals surface area contributed by atoms with Gasteiger partial charge in [-0.3, -0.25) is 9.59 Å². The summed E-state index contributed by atoms with van der Waals surface area (Å²) in [6.45, 7) is 4.66.